The highest BCUT2D eigenvalue weighted by Crippen LogP contribution is 2.27. The Hall–Kier alpha value is -3.51. The SMILES string of the molecule is COc1ccc(CCNC(=O)[C@@H](Cc2ccccc2)N(Cc2ccc(Cl)cc2)C(=O)C(C)C)cc1OC. The summed E-state index contributed by atoms with van der Waals surface area (Å²) in [6, 6.07) is 22.2. The molecule has 1 atom stereocenters. The summed E-state index contributed by atoms with van der Waals surface area (Å²) >= 11 is 6.07. The molecule has 7 heteroatoms. The summed E-state index contributed by atoms with van der Waals surface area (Å²) in [7, 11) is 3.19. The van der Waals surface area contributed by atoms with E-state index in [0.29, 0.717) is 42.5 Å². The van der Waals surface area contributed by atoms with Crippen LogP contribution in [0.5, 0.6) is 11.5 Å². The van der Waals surface area contributed by atoms with E-state index in [2.05, 4.69) is 5.32 Å². The van der Waals surface area contributed by atoms with E-state index in [4.69, 9.17) is 21.1 Å². The van der Waals surface area contributed by atoms with Crippen molar-refractivity contribution in [3.05, 3.63) is 94.5 Å². The highest BCUT2D eigenvalue weighted by molar-refractivity contribution is 6.30. The van der Waals surface area contributed by atoms with E-state index in [1.807, 2.05) is 74.5 Å². The summed E-state index contributed by atoms with van der Waals surface area (Å²) in [5, 5.41) is 3.69. The maximum atomic E-state index is 13.6. The summed E-state index contributed by atoms with van der Waals surface area (Å²) in [6.45, 7) is 4.44. The first-order chi connectivity index (χ1) is 17.8. The molecule has 37 heavy (non-hydrogen) atoms. The predicted molar refractivity (Wildman–Crippen MR) is 147 cm³/mol. The van der Waals surface area contributed by atoms with Gasteiger partial charge in [0, 0.05) is 30.5 Å². The number of carbonyl (C=O) groups excluding carboxylic acids is 2. The zero-order chi connectivity index (χ0) is 26.8. The standard InChI is InChI=1S/C30H35ClN2O4/c1-21(2)30(35)33(20-24-10-13-25(31)14-11-24)26(18-22-8-6-5-7-9-22)29(34)32-17-16-23-12-15-27(36-3)28(19-23)37-4/h5-15,19,21,26H,16-18,20H2,1-4H3,(H,32,34)/t26-/m1/s1. The van der Waals surface area contributed by atoms with Gasteiger partial charge < -0.3 is 19.7 Å². The van der Waals surface area contributed by atoms with E-state index in [9.17, 15) is 9.59 Å². The molecule has 0 fully saturated rings. The highest BCUT2D eigenvalue weighted by atomic mass is 35.5. The molecule has 0 aliphatic rings. The van der Waals surface area contributed by atoms with Gasteiger partial charge in [0.2, 0.25) is 11.8 Å². The molecule has 0 saturated carbocycles. The average molecular weight is 523 g/mol. The van der Waals surface area contributed by atoms with Gasteiger partial charge in [-0.2, -0.15) is 0 Å². The topological polar surface area (TPSA) is 67.9 Å². The molecule has 0 heterocycles. The van der Waals surface area contributed by atoms with Gasteiger partial charge in [-0.05, 0) is 47.4 Å². The van der Waals surface area contributed by atoms with Crippen LogP contribution in [-0.2, 0) is 29.0 Å². The van der Waals surface area contributed by atoms with Crippen LogP contribution >= 0.6 is 11.6 Å². The van der Waals surface area contributed by atoms with Crippen molar-refractivity contribution in [3.63, 3.8) is 0 Å². The molecule has 196 valence electrons. The van der Waals surface area contributed by atoms with Gasteiger partial charge >= 0.3 is 0 Å². The lowest BCUT2D eigenvalue weighted by Gasteiger charge is -2.33. The molecule has 3 rings (SSSR count). The van der Waals surface area contributed by atoms with Crippen molar-refractivity contribution in [2.75, 3.05) is 20.8 Å². The van der Waals surface area contributed by atoms with Crippen molar-refractivity contribution >= 4 is 23.4 Å². The lowest BCUT2D eigenvalue weighted by Crippen LogP contribution is -2.51. The minimum Gasteiger partial charge on any atom is -0.493 e. The smallest absolute Gasteiger partial charge is 0.243 e. The van der Waals surface area contributed by atoms with E-state index in [1.165, 1.54) is 0 Å². The van der Waals surface area contributed by atoms with E-state index in [-0.39, 0.29) is 17.7 Å². The molecule has 0 aromatic heterocycles. The van der Waals surface area contributed by atoms with Gasteiger partial charge in [0.25, 0.3) is 0 Å². The van der Waals surface area contributed by atoms with Gasteiger partial charge in [-0.25, -0.2) is 0 Å². The third-order valence-electron chi connectivity index (χ3n) is 6.15. The Balaban J connectivity index is 1.81. The van der Waals surface area contributed by atoms with Crippen LogP contribution in [0, 0.1) is 5.92 Å². The Morgan fingerprint density at radius 1 is 0.865 bits per heavy atom. The molecule has 0 unspecified atom stereocenters. The monoisotopic (exact) mass is 522 g/mol. The van der Waals surface area contributed by atoms with Crippen molar-refractivity contribution in [2.45, 2.75) is 39.3 Å². The van der Waals surface area contributed by atoms with Crippen molar-refractivity contribution in [1.29, 1.82) is 0 Å². The Morgan fingerprint density at radius 3 is 2.14 bits per heavy atom. The zero-order valence-electron chi connectivity index (χ0n) is 21.9. The first-order valence-electron chi connectivity index (χ1n) is 12.4. The second kappa shape index (κ2) is 13.7. The summed E-state index contributed by atoms with van der Waals surface area (Å²) in [5.41, 5.74) is 2.91. The molecular formula is C30H35ClN2O4. The molecule has 0 bridgehead atoms. The normalized spacial score (nSPS) is 11.6. The number of methoxy groups -OCH3 is 2. The second-order valence-electron chi connectivity index (χ2n) is 9.18. The molecule has 1 N–H and O–H groups in total. The molecule has 0 radical (unpaired) electrons. The minimum atomic E-state index is -0.668. The summed E-state index contributed by atoms with van der Waals surface area (Å²) in [5.74, 6) is 0.775. The molecule has 0 aliphatic heterocycles. The number of hydrogen-bond donors (Lipinski definition) is 1. The van der Waals surface area contributed by atoms with Crippen LogP contribution < -0.4 is 14.8 Å². The number of benzene rings is 3. The van der Waals surface area contributed by atoms with Crippen molar-refractivity contribution in [2.24, 2.45) is 5.92 Å². The van der Waals surface area contributed by atoms with Crippen LogP contribution in [0.4, 0.5) is 0 Å². The predicted octanol–water partition coefficient (Wildman–Crippen LogP) is 5.31. The van der Waals surface area contributed by atoms with Gasteiger partial charge in [-0.3, -0.25) is 9.59 Å². The second-order valence-corrected chi connectivity index (χ2v) is 9.62. The molecule has 0 saturated heterocycles. The molecule has 2 amide bonds. The van der Waals surface area contributed by atoms with Gasteiger partial charge in [0.05, 0.1) is 14.2 Å². The Labute approximate surface area is 224 Å². The van der Waals surface area contributed by atoms with Crippen LogP contribution in [0.25, 0.3) is 0 Å². The van der Waals surface area contributed by atoms with Crippen LogP contribution in [-0.4, -0.2) is 43.5 Å². The zero-order valence-corrected chi connectivity index (χ0v) is 22.6. The number of nitrogens with one attached hydrogen (secondary N) is 1. The fourth-order valence-corrected chi connectivity index (χ4v) is 4.25. The molecule has 0 aliphatic carbocycles. The number of carbonyl (C=O) groups is 2. The number of ether oxygens (including phenoxy) is 2. The Kier molecular flexibility index (Phi) is 10.4. The van der Waals surface area contributed by atoms with Gasteiger partial charge in [-0.1, -0.05) is 74.0 Å². The third-order valence-corrected chi connectivity index (χ3v) is 6.41. The van der Waals surface area contributed by atoms with Crippen LogP contribution in [0.15, 0.2) is 72.8 Å². The quantitative estimate of drug-likeness (QED) is 0.350. The largest absolute Gasteiger partial charge is 0.493 e. The third kappa shape index (κ3) is 7.99. The van der Waals surface area contributed by atoms with Gasteiger partial charge in [-0.15, -0.1) is 0 Å². The molecule has 3 aromatic rings. The van der Waals surface area contributed by atoms with Crippen molar-refractivity contribution in [3.8, 4) is 11.5 Å². The fraction of sp³-hybridized carbons (Fsp3) is 0.333. The summed E-state index contributed by atoms with van der Waals surface area (Å²) in [6.07, 6.45) is 1.02. The van der Waals surface area contributed by atoms with Crippen LogP contribution in [0.1, 0.15) is 30.5 Å². The maximum Gasteiger partial charge on any atom is 0.243 e. The first kappa shape index (κ1) is 28.1. The fourth-order valence-electron chi connectivity index (χ4n) is 4.13. The summed E-state index contributed by atoms with van der Waals surface area (Å²) in [4.78, 5) is 28.7. The van der Waals surface area contributed by atoms with E-state index in [1.54, 1.807) is 31.3 Å². The molecule has 0 spiro atoms. The van der Waals surface area contributed by atoms with E-state index in [0.717, 1.165) is 16.7 Å². The minimum absolute atomic E-state index is 0.0779. The number of amides is 2. The average Bonchev–Trinajstić information content (AvgIpc) is 2.91. The Bertz CT molecular complexity index is 1170. The maximum absolute atomic E-state index is 13.6. The van der Waals surface area contributed by atoms with E-state index >= 15 is 0 Å². The highest BCUT2D eigenvalue weighted by Gasteiger charge is 2.31. The number of rotatable bonds is 12. The lowest BCUT2D eigenvalue weighted by atomic mass is 10.0. The summed E-state index contributed by atoms with van der Waals surface area (Å²) < 4.78 is 10.7. The number of halogens is 1. The molecule has 6 nitrogen and oxygen atoms in total. The van der Waals surface area contributed by atoms with Gasteiger partial charge in [0.15, 0.2) is 11.5 Å². The first-order valence-corrected chi connectivity index (χ1v) is 12.8. The molecule has 3 aromatic carbocycles. The number of nitrogens with zero attached hydrogens (tertiary/aromatic N) is 1. The molecular weight excluding hydrogens is 488 g/mol. The van der Waals surface area contributed by atoms with Gasteiger partial charge in [0.1, 0.15) is 6.04 Å². The number of hydrogen-bond acceptors (Lipinski definition) is 4. The van der Waals surface area contributed by atoms with Crippen molar-refractivity contribution < 1.29 is 19.1 Å². The Morgan fingerprint density at radius 2 is 1.51 bits per heavy atom. The lowest BCUT2D eigenvalue weighted by molar-refractivity contribution is -0.143. The van der Waals surface area contributed by atoms with Crippen LogP contribution in [0.3, 0.4) is 0 Å². The van der Waals surface area contributed by atoms with Crippen LogP contribution in [0.2, 0.25) is 5.02 Å². The van der Waals surface area contributed by atoms with Crippen molar-refractivity contribution in [1.82, 2.24) is 10.2 Å². The van der Waals surface area contributed by atoms with E-state index < -0.39 is 6.04 Å².